The summed E-state index contributed by atoms with van der Waals surface area (Å²) in [6.45, 7) is 5.61. The second-order valence-corrected chi connectivity index (χ2v) is 8.55. The summed E-state index contributed by atoms with van der Waals surface area (Å²) < 4.78 is 40.9. The highest BCUT2D eigenvalue weighted by atomic mass is 19.4. The number of carbonyl (C=O) groups excluding carboxylic acids is 2. The Hall–Kier alpha value is -2.29. The normalized spacial score (nSPS) is 28.3. The Morgan fingerprint density at radius 2 is 1.97 bits per heavy atom. The molecule has 1 saturated carbocycles. The number of nitrogens with one attached hydrogen (secondary N) is 1. The lowest BCUT2D eigenvalue weighted by molar-refractivity contribution is -0.274. The van der Waals surface area contributed by atoms with Crippen LogP contribution in [0, 0.1) is 17.8 Å². The van der Waals surface area contributed by atoms with Crippen LogP contribution in [0.5, 0.6) is 5.75 Å². The Morgan fingerprint density at radius 1 is 1.23 bits per heavy atom. The van der Waals surface area contributed by atoms with Crippen molar-refractivity contribution >= 4 is 11.8 Å². The van der Waals surface area contributed by atoms with Gasteiger partial charge in [0.25, 0.3) is 5.91 Å². The van der Waals surface area contributed by atoms with Crippen LogP contribution in [0.4, 0.5) is 13.2 Å². The summed E-state index contributed by atoms with van der Waals surface area (Å²) in [5.41, 5.74) is 0.134. The first-order valence-corrected chi connectivity index (χ1v) is 10.4. The molecular formula is C21H26F3N3O3. The number of hydrogen-bond donors (Lipinski definition) is 1. The number of carbonyl (C=O) groups is 2. The van der Waals surface area contributed by atoms with Crippen LogP contribution in [-0.4, -0.2) is 66.7 Å². The summed E-state index contributed by atoms with van der Waals surface area (Å²) in [6, 6.07) is 5.40. The number of piperidine rings is 1. The van der Waals surface area contributed by atoms with Crippen molar-refractivity contribution in [2.45, 2.75) is 32.2 Å². The lowest BCUT2D eigenvalue weighted by Crippen LogP contribution is -2.42. The highest BCUT2D eigenvalue weighted by molar-refractivity contribution is 5.94. The number of halogens is 3. The molecule has 3 aliphatic rings. The Bertz CT molecular complexity index is 804. The monoisotopic (exact) mass is 425 g/mol. The molecule has 3 fully saturated rings. The van der Waals surface area contributed by atoms with Gasteiger partial charge in [-0.3, -0.25) is 14.5 Å². The number of alkyl halides is 3. The largest absolute Gasteiger partial charge is 0.573 e. The molecule has 4 rings (SSSR count). The first-order valence-electron chi connectivity index (χ1n) is 10.4. The van der Waals surface area contributed by atoms with E-state index in [1.807, 2.05) is 4.90 Å². The van der Waals surface area contributed by atoms with Gasteiger partial charge >= 0.3 is 6.36 Å². The highest BCUT2D eigenvalue weighted by Gasteiger charge is 2.55. The molecule has 1 aromatic rings. The van der Waals surface area contributed by atoms with Crippen LogP contribution in [0.3, 0.4) is 0 Å². The highest BCUT2D eigenvalue weighted by Crippen LogP contribution is 2.51. The van der Waals surface area contributed by atoms with E-state index in [-0.39, 0.29) is 11.5 Å². The van der Waals surface area contributed by atoms with E-state index in [0.29, 0.717) is 36.9 Å². The fourth-order valence-electron chi connectivity index (χ4n) is 4.90. The van der Waals surface area contributed by atoms with Gasteiger partial charge in [-0.25, -0.2) is 0 Å². The summed E-state index contributed by atoms with van der Waals surface area (Å²) in [6.07, 6.45) is -2.64. The van der Waals surface area contributed by atoms with Crippen molar-refractivity contribution in [2.24, 2.45) is 17.8 Å². The summed E-state index contributed by atoms with van der Waals surface area (Å²) in [7, 11) is 0. The SMILES string of the molecule is CC1CCCN1C(=O)CN1CC2C(CNC(=O)c3cccc(OC(F)(F)F)c3)C2C1. The minimum Gasteiger partial charge on any atom is -0.406 e. The maximum Gasteiger partial charge on any atom is 0.573 e. The van der Waals surface area contributed by atoms with Crippen LogP contribution in [0.1, 0.15) is 30.1 Å². The number of likely N-dealkylation sites (tertiary alicyclic amines) is 2. The molecule has 3 atom stereocenters. The second-order valence-electron chi connectivity index (χ2n) is 8.55. The predicted molar refractivity (Wildman–Crippen MR) is 103 cm³/mol. The van der Waals surface area contributed by atoms with E-state index in [4.69, 9.17) is 0 Å². The van der Waals surface area contributed by atoms with E-state index in [0.717, 1.165) is 44.6 Å². The van der Waals surface area contributed by atoms with Crippen LogP contribution in [0.15, 0.2) is 24.3 Å². The van der Waals surface area contributed by atoms with Crippen molar-refractivity contribution in [3.8, 4) is 5.75 Å². The van der Waals surface area contributed by atoms with Gasteiger partial charge in [-0.15, -0.1) is 13.2 Å². The Balaban J connectivity index is 1.21. The molecule has 0 radical (unpaired) electrons. The number of fused-ring (bicyclic) bond motifs is 1. The molecule has 30 heavy (non-hydrogen) atoms. The van der Waals surface area contributed by atoms with Crippen molar-refractivity contribution in [1.29, 1.82) is 0 Å². The average molecular weight is 425 g/mol. The standard InChI is InChI=1S/C21H26F3N3O3/c1-13-4-3-7-27(13)19(28)12-26-10-17-16(18(17)11-26)9-25-20(29)14-5-2-6-15(8-14)30-21(22,23)24/h2,5-6,8,13,16-18H,3-4,7,9-12H2,1H3,(H,25,29). The zero-order valence-electron chi connectivity index (χ0n) is 16.8. The molecule has 0 spiro atoms. The van der Waals surface area contributed by atoms with Crippen LogP contribution in [0.25, 0.3) is 0 Å². The molecule has 1 aromatic carbocycles. The molecule has 2 saturated heterocycles. The molecule has 2 amide bonds. The van der Waals surface area contributed by atoms with Crippen LogP contribution in [0.2, 0.25) is 0 Å². The number of amides is 2. The minimum atomic E-state index is -4.79. The number of benzene rings is 1. The van der Waals surface area contributed by atoms with Gasteiger partial charge in [-0.05, 0) is 55.7 Å². The van der Waals surface area contributed by atoms with Crippen LogP contribution in [-0.2, 0) is 4.79 Å². The Labute approximate surface area is 173 Å². The third-order valence-corrected chi connectivity index (χ3v) is 6.51. The molecule has 6 nitrogen and oxygen atoms in total. The molecule has 2 heterocycles. The lowest BCUT2D eigenvalue weighted by atomic mass is 10.2. The number of rotatable bonds is 6. The quantitative estimate of drug-likeness (QED) is 0.761. The summed E-state index contributed by atoms with van der Waals surface area (Å²) in [4.78, 5) is 28.9. The zero-order chi connectivity index (χ0) is 21.5. The van der Waals surface area contributed by atoms with Gasteiger partial charge in [0.1, 0.15) is 5.75 Å². The molecule has 1 aliphatic carbocycles. The predicted octanol–water partition coefficient (Wildman–Crippen LogP) is 2.50. The summed E-state index contributed by atoms with van der Waals surface area (Å²) in [5.74, 6) is 0.671. The average Bonchev–Trinajstić information content (AvgIpc) is 2.98. The van der Waals surface area contributed by atoms with Gasteiger partial charge < -0.3 is 15.0 Å². The molecular weight excluding hydrogens is 399 g/mol. The molecule has 9 heteroatoms. The van der Waals surface area contributed by atoms with Crippen molar-refractivity contribution in [3.63, 3.8) is 0 Å². The van der Waals surface area contributed by atoms with Crippen molar-refractivity contribution in [2.75, 3.05) is 32.7 Å². The third kappa shape index (κ3) is 4.71. The molecule has 0 aromatic heterocycles. The first-order chi connectivity index (χ1) is 14.2. The maximum absolute atomic E-state index is 12.4. The molecule has 3 unspecified atom stereocenters. The Kier molecular flexibility index (Phi) is 5.65. The first kappa shape index (κ1) is 21.0. The van der Waals surface area contributed by atoms with Crippen LogP contribution < -0.4 is 10.1 Å². The molecule has 2 aliphatic heterocycles. The van der Waals surface area contributed by atoms with Gasteiger partial charge in [-0.1, -0.05) is 6.07 Å². The minimum absolute atomic E-state index is 0.134. The lowest BCUT2D eigenvalue weighted by Gasteiger charge is -2.26. The molecule has 1 N–H and O–H groups in total. The zero-order valence-corrected chi connectivity index (χ0v) is 16.8. The maximum atomic E-state index is 12.4. The van der Waals surface area contributed by atoms with Gasteiger partial charge in [0, 0.05) is 37.8 Å². The molecule has 164 valence electrons. The van der Waals surface area contributed by atoms with Gasteiger partial charge in [0.2, 0.25) is 5.91 Å². The van der Waals surface area contributed by atoms with E-state index in [2.05, 4.69) is 21.9 Å². The molecule has 0 bridgehead atoms. The fraction of sp³-hybridized carbons (Fsp3) is 0.619. The van der Waals surface area contributed by atoms with E-state index < -0.39 is 18.0 Å². The van der Waals surface area contributed by atoms with Gasteiger partial charge in [0.05, 0.1) is 6.54 Å². The summed E-state index contributed by atoms with van der Waals surface area (Å²) in [5, 5.41) is 2.82. The second kappa shape index (κ2) is 8.09. The van der Waals surface area contributed by atoms with Gasteiger partial charge in [0.15, 0.2) is 0 Å². The van der Waals surface area contributed by atoms with Crippen molar-refractivity contribution in [3.05, 3.63) is 29.8 Å². The smallest absolute Gasteiger partial charge is 0.406 e. The van der Waals surface area contributed by atoms with E-state index in [1.165, 1.54) is 12.1 Å². The van der Waals surface area contributed by atoms with Crippen molar-refractivity contribution in [1.82, 2.24) is 15.1 Å². The van der Waals surface area contributed by atoms with Crippen molar-refractivity contribution < 1.29 is 27.5 Å². The number of nitrogens with zero attached hydrogens (tertiary/aromatic N) is 2. The van der Waals surface area contributed by atoms with E-state index in [9.17, 15) is 22.8 Å². The van der Waals surface area contributed by atoms with Crippen LogP contribution >= 0.6 is 0 Å². The number of ether oxygens (including phenoxy) is 1. The topological polar surface area (TPSA) is 61.9 Å². The van der Waals surface area contributed by atoms with E-state index >= 15 is 0 Å². The fourth-order valence-corrected chi connectivity index (χ4v) is 4.90. The summed E-state index contributed by atoms with van der Waals surface area (Å²) >= 11 is 0. The van der Waals surface area contributed by atoms with Gasteiger partial charge in [-0.2, -0.15) is 0 Å². The Morgan fingerprint density at radius 3 is 2.60 bits per heavy atom. The third-order valence-electron chi connectivity index (χ3n) is 6.51. The number of hydrogen-bond acceptors (Lipinski definition) is 4. The van der Waals surface area contributed by atoms with E-state index in [1.54, 1.807) is 0 Å².